The third-order valence-corrected chi connectivity index (χ3v) is 3.31. The molecule has 3 N–H and O–H groups in total. The molecule has 0 saturated carbocycles. The van der Waals surface area contributed by atoms with Gasteiger partial charge in [-0.1, -0.05) is 0 Å². The summed E-state index contributed by atoms with van der Waals surface area (Å²) in [5.41, 5.74) is 9.08. The van der Waals surface area contributed by atoms with Crippen molar-refractivity contribution in [2.45, 2.75) is 13.5 Å². The number of benzene rings is 1. The van der Waals surface area contributed by atoms with E-state index in [1.54, 1.807) is 23.5 Å². The van der Waals surface area contributed by atoms with Gasteiger partial charge in [0.2, 0.25) is 5.91 Å². The van der Waals surface area contributed by atoms with Crippen molar-refractivity contribution in [3.05, 3.63) is 51.7 Å². The van der Waals surface area contributed by atoms with E-state index < -0.39 is 5.91 Å². The highest BCUT2D eigenvalue weighted by molar-refractivity contribution is 7.07. The molecular weight excluding hydrogens is 232 g/mol. The van der Waals surface area contributed by atoms with Crippen molar-refractivity contribution in [1.29, 1.82) is 0 Å². The van der Waals surface area contributed by atoms with Crippen LogP contribution in [0.3, 0.4) is 0 Å². The second-order valence-corrected chi connectivity index (χ2v) is 4.66. The van der Waals surface area contributed by atoms with Crippen molar-refractivity contribution in [3.8, 4) is 0 Å². The smallest absolute Gasteiger partial charge is 0.248 e. The SMILES string of the molecule is Cc1cc(C(N)=O)ccc1NCc1ccsc1. The molecular formula is C13H14N2OS. The van der Waals surface area contributed by atoms with Crippen LogP contribution in [0.15, 0.2) is 35.0 Å². The summed E-state index contributed by atoms with van der Waals surface area (Å²) in [5.74, 6) is -0.391. The summed E-state index contributed by atoms with van der Waals surface area (Å²) in [6.45, 7) is 2.75. The van der Waals surface area contributed by atoms with Crippen LogP contribution in [0, 0.1) is 6.92 Å². The standard InChI is InChI=1S/C13H14N2OS/c1-9-6-11(13(14)16)2-3-12(9)15-7-10-4-5-17-8-10/h2-6,8,15H,7H2,1H3,(H2,14,16). The van der Waals surface area contributed by atoms with Crippen LogP contribution in [0.25, 0.3) is 0 Å². The normalized spacial score (nSPS) is 10.2. The van der Waals surface area contributed by atoms with Crippen molar-refractivity contribution in [1.82, 2.24) is 0 Å². The quantitative estimate of drug-likeness (QED) is 0.871. The van der Waals surface area contributed by atoms with Gasteiger partial charge in [-0.05, 0) is 53.1 Å². The van der Waals surface area contributed by atoms with Gasteiger partial charge in [0.25, 0.3) is 0 Å². The minimum absolute atomic E-state index is 0.391. The fourth-order valence-electron chi connectivity index (χ4n) is 1.61. The Hall–Kier alpha value is -1.81. The Morgan fingerprint density at radius 2 is 2.24 bits per heavy atom. The summed E-state index contributed by atoms with van der Waals surface area (Å²) in [6, 6.07) is 7.52. The van der Waals surface area contributed by atoms with Gasteiger partial charge in [-0.3, -0.25) is 4.79 Å². The zero-order chi connectivity index (χ0) is 12.3. The van der Waals surface area contributed by atoms with Crippen LogP contribution in [0.5, 0.6) is 0 Å². The number of carbonyl (C=O) groups is 1. The first kappa shape index (κ1) is 11.7. The lowest BCUT2D eigenvalue weighted by Crippen LogP contribution is -2.11. The van der Waals surface area contributed by atoms with Crippen LogP contribution >= 0.6 is 11.3 Å². The third kappa shape index (κ3) is 2.85. The fraction of sp³-hybridized carbons (Fsp3) is 0.154. The molecule has 2 rings (SSSR count). The predicted molar refractivity (Wildman–Crippen MR) is 71.3 cm³/mol. The number of nitrogens with one attached hydrogen (secondary N) is 1. The summed E-state index contributed by atoms with van der Waals surface area (Å²) >= 11 is 1.68. The van der Waals surface area contributed by atoms with Crippen LogP contribution in [-0.2, 0) is 6.54 Å². The van der Waals surface area contributed by atoms with Crippen molar-refractivity contribution < 1.29 is 4.79 Å². The van der Waals surface area contributed by atoms with E-state index in [9.17, 15) is 4.79 Å². The monoisotopic (exact) mass is 246 g/mol. The van der Waals surface area contributed by atoms with E-state index in [0.717, 1.165) is 17.8 Å². The number of amides is 1. The highest BCUT2D eigenvalue weighted by atomic mass is 32.1. The number of rotatable bonds is 4. The number of aryl methyl sites for hydroxylation is 1. The molecule has 0 bridgehead atoms. The second kappa shape index (κ2) is 5.01. The first-order valence-electron chi connectivity index (χ1n) is 5.32. The van der Waals surface area contributed by atoms with E-state index in [0.29, 0.717) is 5.56 Å². The average Bonchev–Trinajstić information content (AvgIpc) is 2.80. The van der Waals surface area contributed by atoms with E-state index in [1.807, 2.05) is 13.0 Å². The van der Waals surface area contributed by atoms with Crippen LogP contribution in [-0.4, -0.2) is 5.91 Å². The van der Waals surface area contributed by atoms with Crippen molar-refractivity contribution in [2.75, 3.05) is 5.32 Å². The van der Waals surface area contributed by atoms with Crippen LogP contribution < -0.4 is 11.1 Å². The molecule has 4 heteroatoms. The zero-order valence-electron chi connectivity index (χ0n) is 9.57. The van der Waals surface area contributed by atoms with E-state index in [4.69, 9.17) is 5.73 Å². The summed E-state index contributed by atoms with van der Waals surface area (Å²) < 4.78 is 0. The maximum absolute atomic E-state index is 11.0. The molecule has 0 aliphatic carbocycles. The zero-order valence-corrected chi connectivity index (χ0v) is 10.4. The van der Waals surface area contributed by atoms with Crippen molar-refractivity contribution in [2.24, 2.45) is 5.73 Å². The van der Waals surface area contributed by atoms with Crippen molar-refractivity contribution in [3.63, 3.8) is 0 Å². The topological polar surface area (TPSA) is 55.1 Å². The van der Waals surface area contributed by atoms with Gasteiger partial charge in [0.15, 0.2) is 0 Å². The molecule has 1 aromatic carbocycles. The van der Waals surface area contributed by atoms with Gasteiger partial charge >= 0.3 is 0 Å². The Morgan fingerprint density at radius 3 is 2.82 bits per heavy atom. The van der Waals surface area contributed by atoms with E-state index in [-0.39, 0.29) is 0 Å². The predicted octanol–water partition coefficient (Wildman–Crippen LogP) is 2.77. The second-order valence-electron chi connectivity index (χ2n) is 3.88. The van der Waals surface area contributed by atoms with Crippen LogP contribution in [0.2, 0.25) is 0 Å². The summed E-state index contributed by atoms with van der Waals surface area (Å²) in [5, 5.41) is 7.50. The highest BCUT2D eigenvalue weighted by Gasteiger charge is 2.03. The van der Waals surface area contributed by atoms with Crippen molar-refractivity contribution >= 4 is 22.9 Å². The first-order chi connectivity index (χ1) is 8.16. The number of hydrogen-bond acceptors (Lipinski definition) is 3. The molecule has 0 unspecified atom stereocenters. The van der Waals surface area contributed by atoms with Gasteiger partial charge in [-0.2, -0.15) is 11.3 Å². The maximum Gasteiger partial charge on any atom is 0.248 e. The number of anilines is 1. The maximum atomic E-state index is 11.0. The molecule has 2 aromatic rings. The lowest BCUT2D eigenvalue weighted by Gasteiger charge is -2.09. The minimum atomic E-state index is -0.391. The van der Waals surface area contributed by atoms with Gasteiger partial charge in [0.1, 0.15) is 0 Å². The lowest BCUT2D eigenvalue weighted by atomic mass is 10.1. The Bertz CT molecular complexity index is 520. The van der Waals surface area contributed by atoms with Gasteiger partial charge in [0, 0.05) is 17.8 Å². The molecule has 0 radical (unpaired) electrons. The van der Waals surface area contributed by atoms with Gasteiger partial charge in [0.05, 0.1) is 0 Å². The van der Waals surface area contributed by atoms with Crippen LogP contribution in [0.1, 0.15) is 21.5 Å². The number of primary amides is 1. The Labute approximate surface area is 104 Å². The molecule has 17 heavy (non-hydrogen) atoms. The Morgan fingerprint density at radius 1 is 1.41 bits per heavy atom. The van der Waals surface area contributed by atoms with E-state index in [1.165, 1.54) is 5.56 Å². The Balaban J connectivity index is 2.09. The largest absolute Gasteiger partial charge is 0.381 e. The molecule has 0 spiro atoms. The molecule has 0 atom stereocenters. The highest BCUT2D eigenvalue weighted by Crippen LogP contribution is 2.17. The van der Waals surface area contributed by atoms with Gasteiger partial charge < -0.3 is 11.1 Å². The molecule has 0 aliphatic rings. The molecule has 1 aromatic heterocycles. The molecule has 0 fully saturated rings. The molecule has 88 valence electrons. The molecule has 0 saturated heterocycles. The number of hydrogen-bond donors (Lipinski definition) is 2. The number of carbonyl (C=O) groups excluding carboxylic acids is 1. The number of thiophene rings is 1. The first-order valence-corrected chi connectivity index (χ1v) is 6.26. The van der Waals surface area contributed by atoms with Gasteiger partial charge in [-0.15, -0.1) is 0 Å². The minimum Gasteiger partial charge on any atom is -0.381 e. The molecule has 1 heterocycles. The lowest BCUT2D eigenvalue weighted by molar-refractivity contribution is 0.1000. The van der Waals surface area contributed by atoms with E-state index >= 15 is 0 Å². The van der Waals surface area contributed by atoms with E-state index in [2.05, 4.69) is 22.1 Å². The summed E-state index contributed by atoms with van der Waals surface area (Å²) in [7, 11) is 0. The number of nitrogens with two attached hydrogens (primary N) is 1. The Kier molecular flexibility index (Phi) is 3.44. The average molecular weight is 246 g/mol. The molecule has 3 nitrogen and oxygen atoms in total. The third-order valence-electron chi connectivity index (χ3n) is 2.57. The fourth-order valence-corrected chi connectivity index (χ4v) is 2.27. The molecule has 1 amide bonds. The van der Waals surface area contributed by atoms with Crippen LogP contribution in [0.4, 0.5) is 5.69 Å². The summed E-state index contributed by atoms with van der Waals surface area (Å²) in [4.78, 5) is 11.0. The molecule has 0 aliphatic heterocycles. The van der Waals surface area contributed by atoms with Gasteiger partial charge in [-0.25, -0.2) is 0 Å². The summed E-state index contributed by atoms with van der Waals surface area (Å²) in [6.07, 6.45) is 0.